The number of unbranched alkanes of at least 4 members (excludes halogenated alkanes) is 5. The highest BCUT2D eigenvalue weighted by Crippen LogP contribution is 2.46. The molecule has 2 N–H and O–H groups in total. The number of anilines is 3. The number of rotatable bonds is 15. The third-order valence-electron chi connectivity index (χ3n) is 9.66. The summed E-state index contributed by atoms with van der Waals surface area (Å²) >= 11 is 2.99. The Morgan fingerprint density at radius 2 is 1.29 bits per heavy atom. The van der Waals surface area contributed by atoms with Gasteiger partial charge in [0, 0.05) is 37.9 Å². The predicted octanol–water partition coefficient (Wildman–Crippen LogP) is 13.2. The van der Waals surface area contributed by atoms with Gasteiger partial charge >= 0.3 is 7.60 Å². The molecule has 276 valence electrons. The van der Waals surface area contributed by atoms with Gasteiger partial charge < -0.3 is 14.7 Å². The lowest BCUT2D eigenvalue weighted by molar-refractivity contribution is 0.384. The topological polar surface area (TPSA) is 110 Å². The van der Waals surface area contributed by atoms with Crippen LogP contribution in [0.3, 0.4) is 0 Å². The number of fused-ring (bicyclic) bond motifs is 1. The standard InChI is InChI=1S/C45H41N4O3PS2/c1-2-3-4-5-6-9-14-35-30-42(54-45(35)34-23-25-38(26-24-34)49(36-15-10-7-11-16-36)37-17-12-8-13-18-37)41-28-27-40(43-44(41)48-55-47-43)33-21-19-32(20-22-33)29-39(31-46)53(50,51)52/h7-8,10-13,15-30H,2-6,9,14H2,1H3,(H2,50,51,52)/b39-29-. The van der Waals surface area contributed by atoms with Gasteiger partial charge in [-0.25, -0.2) is 0 Å². The second-order valence-corrected chi connectivity index (χ2v) is 16.6. The summed E-state index contributed by atoms with van der Waals surface area (Å²) in [7, 11) is -4.65. The molecule has 2 heterocycles. The van der Waals surface area contributed by atoms with Crippen LogP contribution in [0.25, 0.3) is 49.1 Å². The molecular formula is C45H41N4O3PS2. The van der Waals surface area contributed by atoms with Crippen molar-refractivity contribution in [2.45, 2.75) is 51.9 Å². The number of aryl methyl sites for hydroxylation is 1. The monoisotopic (exact) mass is 780 g/mol. The fourth-order valence-electron chi connectivity index (χ4n) is 6.85. The van der Waals surface area contributed by atoms with Crippen LogP contribution in [0.1, 0.15) is 56.6 Å². The highest BCUT2D eigenvalue weighted by Gasteiger charge is 2.21. The summed E-state index contributed by atoms with van der Waals surface area (Å²) in [5.74, 6) is 0. The van der Waals surface area contributed by atoms with Crippen molar-refractivity contribution < 1.29 is 14.4 Å². The molecule has 0 spiro atoms. The maximum atomic E-state index is 11.6. The number of aromatic nitrogens is 2. The average molecular weight is 781 g/mol. The number of nitriles is 1. The van der Waals surface area contributed by atoms with Crippen molar-refractivity contribution in [2.75, 3.05) is 4.90 Å². The summed E-state index contributed by atoms with van der Waals surface area (Å²) in [5.41, 5.74) is 10.9. The molecule has 5 aromatic carbocycles. The maximum absolute atomic E-state index is 11.6. The molecule has 0 aliphatic heterocycles. The Balaban J connectivity index is 1.22. The van der Waals surface area contributed by atoms with Crippen LogP contribution in [-0.4, -0.2) is 18.5 Å². The van der Waals surface area contributed by atoms with Gasteiger partial charge in [0.15, 0.2) is 0 Å². The molecule has 0 amide bonds. The zero-order valence-electron chi connectivity index (χ0n) is 30.5. The molecule has 0 radical (unpaired) electrons. The van der Waals surface area contributed by atoms with E-state index in [4.69, 9.17) is 8.75 Å². The minimum absolute atomic E-state index is 0.526. The first kappa shape index (κ1) is 38.1. The van der Waals surface area contributed by atoms with Gasteiger partial charge in [0.1, 0.15) is 22.4 Å². The molecule has 7 aromatic rings. The van der Waals surface area contributed by atoms with Gasteiger partial charge in [0.05, 0.1) is 11.7 Å². The van der Waals surface area contributed by atoms with E-state index in [2.05, 4.69) is 103 Å². The fourth-order valence-corrected chi connectivity index (χ4v) is 9.11. The molecule has 0 fully saturated rings. The van der Waals surface area contributed by atoms with E-state index < -0.39 is 12.9 Å². The van der Waals surface area contributed by atoms with Crippen molar-refractivity contribution in [2.24, 2.45) is 0 Å². The van der Waals surface area contributed by atoms with Crippen molar-refractivity contribution in [1.82, 2.24) is 8.75 Å². The number of hydrogen-bond acceptors (Lipinski definition) is 7. The Labute approximate surface area is 330 Å². The Morgan fingerprint density at radius 3 is 1.91 bits per heavy atom. The van der Waals surface area contributed by atoms with E-state index in [9.17, 15) is 19.6 Å². The fraction of sp³-hybridized carbons (Fsp3) is 0.178. The van der Waals surface area contributed by atoms with Gasteiger partial charge in [-0.15, -0.1) is 11.3 Å². The minimum atomic E-state index is -4.65. The van der Waals surface area contributed by atoms with Crippen molar-refractivity contribution in [3.63, 3.8) is 0 Å². The van der Waals surface area contributed by atoms with Crippen molar-refractivity contribution in [3.8, 4) is 38.1 Å². The summed E-state index contributed by atoms with van der Waals surface area (Å²) in [6.07, 6.45) is 9.66. The van der Waals surface area contributed by atoms with Crippen LogP contribution in [0.5, 0.6) is 0 Å². The van der Waals surface area contributed by atoms with E-state index in [1.165, 1.54) is 65.9 Å². The minimum Gasteiger partial charge on any atom is -0.321 e. The summed E-state index contributed by atoms with van der Waals surface area (Å²) < 4.78 is 21.1. The Kier molecular flexibility index (Phi) is 12.1. The molecule has 2 aromatic heterocycles. The number of para-hydroxylation sites is 2. The molecule has 0 aliphatic carbocycles. The van der Waals surface area contributed by atoms with Gasteiger partial charge in [-0.3, -0.25) is 4.57 Å². The zero-order valence-corrected chi connectivity index (χ0v) is 33.0. The number of benzene rings is 5. The van der Waals surface area contributed by atoms with Crippen LogP contribution < -0.4 is 4.90 Å². The predicted molar refractivity (Wildman–Crippen MR) is 229 cm³/mol. The number of hydrogen-bond donors (Lipinski definition) is 2. The zero-order chi connectivity index (χ0) is 38.2. The molecule has 0 atom stereocenters. The van der Waals surface area contributed by atoms with Gasteiger partial charge in [0.25, 0.3) is 0 Å². The van der Waals surface area contributed by atoms with Gasteiger partial charge in [-0.05, 0) is 83.6 Å². The molecule has 0 saturated heterocycles. The van der Waals surface area contributed by atoms with Crippen LogP contribution >= 0.6 is 30.7 Å². The molecule has 0 saturated carbocycles. The second-order valence-electron chi connectivity index (χ2n) is 13.5. The summed E-state index contributed by atoms with van der Waals surface area (Å²) in [6.45, 7) is 2.25. The van der Waals surface area contributed by atoms with Crippen LogP contribution in [0.2, 0.25) is 0 Å². The van der Waals surface area contributed by atoms with E-state index in [0.717, 1.165) is 62.5 Å². The molecular weight excluding hydrogens is 740 g/mol. The Bertz CT molecular complexity index is 2440. The summed E-state index contributed by atoms with van der Waals surface area (Å²) in [4.78, 5) is 23.6. The first-order valence-electron chi connectivity index (χ1n) is 18.5. The molecule has 0 bridgehead atoms. The number of allylic oxidation sites excluding steroid dienone is 1. The largest absolute Gasteiger partial charge is 0.366 e. The Hall–Kier alpha value is -5.20. The lowest BCUT2D eigenvalue weighted by Crippen LogP contribution is -2.09. The average Bonchev–Trinajstić information content (AvgIpc) is 3.88. The van der Waals surface area contributed by atoms with Gasteiger partial charge in [-0.1, -0.05) is 124 Å². The third-order valence-corrected chi connectivity index (χ3v) is 12.3. The first-order chi connectivity index (χ1) is 26.8. The molecule has 0 aliphatic rings. The van der Waals surface area contributed by atoms with Gasteiger partial charge in [-0.2, -0.15) is 14.0 Å². The number of nitrogens with zero attached hydrogens (tertiary/aromatic N) is 4. The Morgan fingerprint density at radius 1 is 0.727 bits per heavy atom. The van der Waals surface area contributed by atoms with Crippen LogP contribution in [0, 0.1) is 11.3 Å². The lowest BCUT2D eigenvalue weighted by Gasteiger charge is -2.25. The molecule has 55 heavy (non-hydrogen) atoms. The van der Waals surface area contributed by atoms with Crippen LogP contribution in [0.4, 0.5) is 17.1 Å². The summed E-state index contributed by atoms with van der Waals surface area (Å²) in [6, 6.07) is 45.2. The number of thiophene rings is 1. The molecule has 0 unspecified atom stereocenters. The van der Waals surface area contributed by atoms with E-state index in [1.807, 2.05) is 24.3 Å². The highest BCUT2D eigenvalue weighted by atomic mass is 32.1. The molecule has 7 rings (SSSR count). The van der Waals surface area contributed by atoms with E-state index in [-0.39, 0.29) is 0 Å². The van der Waals surface area contributed by atoms with Crippen molar-refractivity contribution >= 4 is 64.8 Å². The van der Waals surface area contributed by atoms with Crippen LogP contribution in [-0.2, 0) is 11.0 Å². The molecule has 7 nitrogen and oxygen atoms in total. The van der Waals surface area contributed by atoms with Gasteiger partial charge in [0.2, 0.25) is 0 Å². The normalized spacial score (nSPS) is 11.9. The highest BCUT2D eigenvalue weighted by molar-refractivity contribution is 7.57. The van der Waals surface area contributed by atoms with Crippen molar-refractivity contribution in [3.05, 3.63) is 144 Å². The molecule has 10 heteroatoms. The van der Waals surface area contributed by atoms with Crippen LogP contribution in [0.15, 0.2) is 133 Å². The van der Waals surface area contributed by atoms with E-state index in [1.54, 1.807) is 29.5 Å². The van der Waals surface area contributed by atoms with E-state index in [0.29, 0.717) is 5.56 Å². The SMILES string of the molecule is CCCCCCCCc1cc(-c2ccc(-c3ccc(/C=C(/C#N)P(=O)(O)O)cc3)c3nsnc23)sc1-c1ccc(N(c2ccccc2)c2ccccc2)cc1. The lowest BCUT2D eigenvalue weighted by atomic mass is 9.98. The third kappa shape index (κ3) is 8.87. The maximum Gasteiger partial charge on any atom is 0.366 e. The quantitative estimate of drug-likeness (QED) is 0.0605. The van der Waals surface area contributed by atoms with E-state index >= 15 is 0 Å². The summed E-state index contributed by atoms with van der Waals surface area (Å²) in [5, 5.41) is 8.65. The smallest absolute Gasteiger partial charge is 0.321 e. The van der Waals surface area contributed by atoms with Crippen molar-refractivity contribution in [1.29, 1.82) is 5.26 Å². The first-order valence-corrected chi connectivity index (χ1v) is 21.7. The second kappa shape index (κ2) is 17.5.